The number of nitrogens with one attached hydrogen (secondary N) is 4. The number of aromatic hydroxyl groups is 1. The van der Waals surface area contributed by atoms with Crippen molar-refractivity contribution < 1.29 is 47.0 Å². The average Bonchev–Trinajstić information content (AvgIpc) is 2.97. The van der Waals surface area contributed by atoms with Crippen LogP contribution in [0.3, 0.4) is 0 Å². The lowest BCUT2D eigenvalue weighted by Gasteiger charge is -2.35. The molecule has 4 amide bonds. The van der Waals surface area contributed by atoms with Crippen molar-refractivity contribution in [3.63, 3.8) is 0 Å². The Morgan fingerprint density at radius 3 is 2.33 bits per heavy atom. The molecule has 7 atom stereocenters. The van der Waals surface area contributed by atoms with E-state index in [1.807, 2.05) is 0 Å². The third kappa shape index (κ3) is 7.36. The van der Waals surface area contributed by atoms with E-state index in [-0.39, 0.29) is 0 Å². The van der Waals surface area contributed by atoms with Gasteiger partial charge < -0.3 is 31.5 Å². The first-order valence-corrected chi connectivity index (χ1v) is 13.4. The zero-order chi connectivity index (χ0) is 32.2. The number of hydrogen-bond acceptors (Lipinski definition) is 8. The number of halogens is 4. The Hall–Kier alpha value is -4.34. The third-order valence-electron chi connectivity index (χ3n) is 7.41. The van der Waals surface area contributed by atoms with E-state index in [0.717, 1.165) is 0 Å². The molecule has 6 N–H and O–H groups in total. The van der Waals surface area contributed by atoms with E-state index >= 15 is 0 Å². The highest BCUT2D eigenvalue weighted by atomic mass is 19.2. The summed E-state index contributed by atoms with van der Waals surface area (Å²) in [5.41, 5.74) is -1.59. The molecular weight excluding hydrogens is 580 g/mol. The van der Waals surface area contributed by atoms with Gasteiger partial charge in [0.1, 0.15) is 17.8 Å². The number of amides is 4. The zero-order valence-electron chi connectivity index (χ0n) is 23.6. The maximum atomic E-state index is 14.6. The van der Waals surface area contributed by atoms with Gasteiger partial charge in [-0.25, -0.2) is 9.37 Å². The fourth-order valence-corrected chi connectivity index (χ4v) is 4.53. The number of nitrogens with zero attached hydrogens (tertiary/aromatic N) is 2. The van der Waals surface area contributed by atoms with Gasteiger partial charge in [-0.15, -0.1) is 0 Å². The number of aromatic nitrogens is 2. The standard InChI is InChI=1S/C27H32F4N6O6/c1-5-10(2)18-25(41)33-12(4)19(36-27(43)20-15(38)7-6-8-32-20)26(42)34-14(21(39)11(3)24(40)35-18)9-13-16(28)17(29)23(31)37-22(13)30/h6-8,10-12,14,18-19,21,38-39H,5,9H2,1-4H3,(H,33,41)(H,34,42)(H,35,40)(H,36,43). The highest BCUT2D eigenvalue weighted by Crippen LogP contribution is 2.22. The lowest BCUT2D eigenvalue weighted by atomic mass is 9.90. The van der Waals surface area contributed by atoms with Crippen LogP contribution in [0.2, 0.25) is 0 Å². The van der Waals surface area contributed by atoms with Crippen molar-refractivity contribution >= 4 is 23.6 Å². The Labute approximate surface area is 243 Å². The first-order chi connectivity index (χ1) is 20.2. The molecule has 12 nitrogen and oxygen atoms in total. The summed E-state index contributed by atoms with van der Waals surface area (Å²) in [5, 5.41) is 30.9. The minimum atomic E-state index is -2.09. The largest absolute Gasteiger partial charge is 0.505 e. The van der Waals surface area contributed by atoms with Crippen LogP contribution in [0.4, 0.5) is 17.6 Å². The van der Waals surface area contributed by atoms with Crippen molar-refractivity contribution in [1.29, 1.82) is 0 Å². The summed E-state index contributed by atoms with van der Waals surface area (Å²) in [5.74, 6) is -13.9. The maximum absolute atomic E-state index is 14.6. The Kier molecular flexibility index (Phi) is 10.6. The Bertz CT molecular complexity index is 1400. The average molecular weight is 613 g/mol. The molecule has 2 aromatic rings. The van der Waals surface area contributed by atoms with Crippen LogP contribution in [0.15, 0.2) is 18.3 Å². The number of pyridine rings is 2. The number of carbonyl (C=O) groups is 4. The van der Waals surface area contributed by atoms with Crippen molar-refractivity contribution in [3.05, 3.63) is 53.1 Å². The van der Waals surface area contributed by atoms with Gasteiger partial charge >= 0.3 is 0 Å². The monoisotopic (exact) mass is 612 g/mol. The summed E-state index contributed by atoms with van der Waals surface area (Å²) in [6.45, 7) is 5.99. The molecule has 2 aromatic heterocycles. The van der Waals surface area contributed by atoms with Gasteiger partial charge in [0.2, 0.25) is 29.5 Å². The molecule has 0 aromatic carbocycles. The van der Waals surface area contributed by atoms with Crippen LogP contribution >= 0.6 is 0 Å². The summed E-state index contributed by atoms with van der Waals surface area (Å²) in [6, 6.07) is -3.22. The second-order valence-electron chi connectivity index (χ2n) is 10.4. The SMILES string of the molecule is CCC(C)C1NC(=O)C(C)C(O)C(Cc2c(F)nc(F)c(F)c2F)NC(=O)C(NC(=O)c2ncccc2O)C(C)NC1=O. The molecule has 3 heterocycles. The molecular formula is C27H32F4N6O6. The molecule has 0 saturated carbocycles. The number of aliphatic hydroxyl groups is 1. The summed E-state index contributed by atoms with van der Waals surface area (Å²) >= 11 is 0. The summed E-state index contributed by atoms with van der Waals surface area (Å²) in [6.07, 6.45) is -1.27. The molecule has 1 aliphatic heterocycles. The minimum Gasteiger partial charge on any atom is -0.505 e. The van der Waals surface area contributed by atoms with Crippen LogP contribution < -0.4 is 21.3 Å². The highest BCUT2D eigenvalue weighted by Gasteiger charge is 2.40. The van der Waals surface area contributed by atoms with Gasteiger partial charge in [0.25, 0.3) is 11.9 Å². The maximum Gasteiger partial charge on any atom is 0.274 e. The summed E-state index contributed by atoms with van der Waals surface area (Å²) < 4.78 is 56.5. The van der Waals surface area contributed by atoms with Gasteiger partial charge in [-0.2, -0.15) is 18.2 Å². The predicted octanol–water partition coefficient (Wildman–Crippen LogP) is 0.611. The normalized spacial score (nSPS) is 25.8. The van der Waals surface area contributed by atoms with Crippen LogP contribution in [0.25, 0.3) is 0 Å². The van der Waals surface area contributed by atoms with E-state index < -0.39 is 113 Å². The van der Waals surface area contributed by atoms with Crippen LogP contribution in [0.1, 0.15) is 50.2 Å². The molecule has 16 heteroatoms. The van der Waals surface area contributed by atoms with E-state index in [2.05, 4.69) is 31.2 Å². The Balaban J connectivity index is 2.08. The quantitative estimate of drug-likeness (QED) is 0.203. The number of aliphatic hydroxyl groups excluding tert-OH is 1. The fourth-order valence-electron chi connectivity index (χ4n) is 4.53. The zero-order valence-corrected chi connectivity index (χ0v) is 23.6. The highest BCUT2D eigenvalue weighted by molar-refractivity contribution is 5.98. The van der Waals surface area contributed by atoms with Crippen LogP contribution in [-0.2, 0) is 20.8 Å². The lowest BCUT2D eigenvalue weighted by Crippen LogP contribution is -2.64. The topological polar surface area (TPSA) is 183 Å². The predicted molar refractivity (Wildman–Crippen MR) is 141 cm³/mol. The molecule has 7 unspecified atom stereocenters. The van der Waals surface area contributed by atoms with Gasteiger partial charge in [-0.05, 0) is 25.0 Å². The molecule has 1 fully saturated rings. The summed E-state index contributed by atoms with van der Waals surface area (Å²) in [7, 11) is 0. The smallest absolute Gasteiger partial charge is 0.274 e. The number of carbonyl (C=O) groups excluding carboxylic acids is 4. The Morgan fingerprint density at radius 2 is 1.70 bits per heavy atom. The van der Waals surface area contributed by atoms with Gasteiger partial charge in [0, 0.05) is 18.2 Å². The Morgan fingerprint density at radius 1 is 1.02 bits per heavy atom. The molecule has 0 spiro atoms. The van der Waals surface area contributed by atoms with E-state index in [1.165, 1.54) is 32.2 Å². The van der Waals surface area contributed by atoms with E-state index in [9.17, 15) is 47.0 Å². The molecule has 0 bridgehead atoms. The van der Waals surface area contributed by atoms with Crippen LogP contribution in [-0.4, -0.2) is 74.1 Å². The van der Waals surface area contributed by atoms with Crippen molar-refractivity contribution in [3.8, 4) is 5.75 Å². The van der Waals surface area contributed by atoms with Crippen molar-refractivity contribution in [2.45, 2.75) is 70.8 Å². The van der Waals surface area contributed by atoms with Crippen LogP contribution in [0.5, 0.6) is 5.75 Å². The van der Waals surface area contributed by atoms with E-state index in [1.54, 1.807) is 13.8 Å². The van der Waals surface area contributed by atoms with Crippen molar-refractivity contribution in [2.75, 3.05) is 0 Å². The van der Waals surface area contributed by atoms with Gasteiger partial charge in [0.15, 0.2) is 11.5 Å². The van der Waals surface area contributed by atoms with E-state index in [4.69, 9.17) is 0 Å². The minimum absolute atomic E-state index is 0.424. The fraction of sp³-hybridized carbons (Fsp3) is 0.481. The van der Waals surface area contributed by atoms with Gasteiger partial charge in [-0.3, -0.25) is 19.2 Å². The first kappa shape index (κ1) is 33.2. The molecule has 1 aliphatic rings. The lowest BCUT2D eigenvalue weighted by molar-refractivity contribution is -0.137. The van der Waals surface area contributed by atoms with Crippen LogP contribution in [0, 0.1) is 35.4 Å². The van der Waals surface area contributed by atoms with E-state index in [0.29, 0.717) is 6.42 Å². The second-order valence-corrected chi connectivity index (χ2v) is 10.4. The molecule has 0 aliphatic carbocycles. The number of rotatable bonds is 6. The second kappa shape index (κ2) is 13.8. The first-order valence-electron chi connectivity index (χ1n) is 13.4. The molecule has 1 saturated heterocycles. The van der Waals surface area contributed by atoms with Crippen molar-refractivity contribution in [1.82, 2.24) is 31.2 Å². The molecule has 0 radical (unpaired) electrons. The number of hydrogen-bond donors (Lipinski definition) is 6. The van der Waals surface area contributed by atoms with Crippen molar-refractivity contribution in [2.24, 2.45) is 11.8 Å². The molecule has 234 valence electrons. The summed E-state index contributed by atoms with van der Waals surface area (Å²) in [4.78, 5) is 59.3. The third-order valence-corrected chi connectivity index (χ3v) is 7.41. The van der Waals surface area contributed by atoms with Gasteiger partial charge in [0.05, 0.1) is 24.1 Å². The van der Waals surface area contributed by atoms with Gasteiger partial charge in [-0.1, -0.05) is 27.2 Å². The molecule has 3 rings (SSSR count). The molecule has 43 heavy (non-hydrogen) atoms.